The first-order chi connectivity index (χ1) is 27.3. The van der Waals surface area contributed by atoms with E-state index in [1.165, 1.54) is 9.82 Å². The van der Waals surface area contributed by atoms with Gasteiger partial charge in [-0.2, -0.15) is 0 Å². The summed E-state index contributed by atoms with van der Waals surface area (Å²) in [5.74, 6) is 2.99. The van der Waals surface area contributed by atoms with Crippen LogP contribution in [0.15, 0.2) is 71.6 Å². The van der Waals surface area contributed by atoms with Crippen molar-refractivity contribution in [2.75, 3.05) is 63.4 Å². The third kappa shape index (κ3) is 9.49. The van der Waals surface area contributed by atoms with Gasteiger partial charge in [0.25, 0.3) is 10.0 Å². The lowest BCUT2D eigenvalue weighted by Crippen LogP contribution is -2.30. The molecule has 7 rings (SSSR count). The van der Waals surface area contributed by atoms with Crippen LogP contribution in [0.3, 0.4) is 0 Å². The Labute approximate surface area is 338 Å². The summed E-state index contributed by atoms with van der Waals surface area (Å²) in [6.45, 7) is 18.5. The number of sulfonamides is 1. The van der Waals surface area contributed by atoms with Gasteiger partial charge in [-0.1, -0.05) is 18.2 Å². The average molecular weight is 803 g/mol. The van der Waals surface area contributed by atoms with E-state index in [-0.39, 0.29) is 4.90 Å². The van der Waals surface area contributed by atoms with E-state index < -0.39 is 21.2 Å². The molecule has 57 heavy (non-hydrogen) atoms. The quantitative estimate of drug-likeness (QED) is 0.118. The number of ether oxygens (including phenoxy) is 4. The fourth-order valence-corrected chi connectivity index (χ4v) is 9.26. The van der Waals surface area contributed by atoms with Crippen molar-refractivity contribution in [2.24, 2.45) is 11.8 Å². The van der Waals surface area contributed by atoms with Gasteiger partial charge in [-0.25, -0.2) is 18.4 Å². The van der Waals surface area contributed by atoms with Gasteiger partial charge in [0.05, 0.1) is 32.6 Å². The minimum Gasteiger partial charge on any atom is -0.385 e. The predicted molar refractivity (Wildman–Crippen MR) is 227 cm³/mol. The zero-order valence-corrected chi connectivity index (χ0v) is 35.9. The first kappa shape index (κ1) is 42.6. The molecule has 4 heterocycles. The van der Waals surface area contributed by atoms with E-state index in [4.69, 9.17) is 28.9 Å². The predicted octanol–water partition coefficient (Wildman–Crippen LogP) is 8.34. The van der Waals surface area contributed by atoms with Gasteiger partial charge in [-0.05, 0) is 128 Å². The Balaban J connectivity index is 0.000000203. The van der Waals surface area contributed by atoms with Gasteiger partial charge in [0.1, 0.15) is 22.9 Å². The monoisotopic (exact) mass is 802 g/mol. The van der Waals surface area contributed by atoms with Crippen molar-refractivity contribution in [3.05, 3.63) is 78.4 Å². The molecule has 5 aromatic rings. The number of benzene rings is 3. The standard InChI is InChI=1S/C25H33N3O4S.C19H29N3O2/c1-5-28(33(29,30)21-9-7-6-8-10-21)20-11-12-23-22(17-20)26-24(25(2,3)31-4)27(23)18-19-13-15-32-16-14-19;1-5-20-15-6-7-17-16(12-15)21-18(19(2,3)23-4)22(17)13-14-8-10-24-11-9-14/h6-12,17,19H,5,13-16,18H2,1-4H3;6-7,12,14,20H,5,8-11,13H2,1-4H3. The second-order valence-electron chi connectivity index (χ2n) is 16.0. The van der Waals surface area contributed by atoms with Crippen molar-refractivity contribution in [3.63, 3.8) is 0 Å². The fourth-order valence-electron chi connectivity index (χ4n) is 7.77. The molecule has 0 unspecified atom stereocenters. The van der Waals surface area contributed by atoms with Crippen molar-refractivity contribution < 1.29 is 27.4 Å². The zero-order valence-electron chi connectivity index (χ0n) is 35.1. The molecule has 0 radical (unpaired) electrons. The third-order valence-corrected chi connectivity index (χ3v) is 13.3. The molecule has 0 aliphatic carbocycles. The van der Waals surface area contributed by atoms with Gasteiger partial charge in [0, 0.05) is 72.5 Å². The van der Waals surface area contributed by atoms with E-state index in [1.54, 1.807) is 38.5 Å². The number of imidazole rings is 2. The first-order valence-electron chi connectivity index (χ1n) is 20.4. The van der Waals surface area contributed by atoms with Crippen LogP contribution >= 0.6 is 0 Å². The summed E-state index contributed by atoms with van der Waals surface area (Å²) in [6.07, 6.45) is 4.26. The largest absolute Gasteiger partial charge is 0.385 e. The molecule has 0 spiro atoms. The van der Waals surface area contributed by atoms with E-state index in [0.29, 0.717) is 24.1 Å². The average Bonchev–Trinajstić information content (AvgIpc) is 3.78. The molecule has 2 aromatic heterocycles. The van der Waals surface area contributed by atoms with Crippen LogP contribution in [0.4, 0.5) is 11.4 Å². The molecule has 3 aromatic carbocycles. The van der Waals surface area contributed by atoms with E-state index >= 15 is 0 Å². The Kier molecular flexibility index (Phi) is 13.7. The summed E-state index contributed by atoms with van der Waals surface area (Å²) in [5, 5.41) is 3.37. The second kappa shape index (κ2) is 18.3. The van der Waals surface area contributed by atoms with Crippen LogP contribution in [0, 0.1) is 11.8 Å². The Hall–Kier alpha value is -4.01. The second-order valence-corrected chi connectivity index (χ2v) is 17.9. The summed E-state index contributed by atoms with van der Waals surface area (Å²) in [4.78, 5) is 10.1. The van der Waals surface area contributed by atoms with E-state index in [0.717, 1.165) is 106 Å². The van der Waals surface area contributed by atoms with Gasteiger partial charge < -0.3 is 33.4 Å². The molecule has 0 amide bonds. The van der Waals surface area contributed by atoms with Crippen molar-refractivity contribution in [1.82, 2.24) is 19.1 Å². The molecule has 2 fully saturated rings. The van der Waals surface area contributed by atoms with Crippen molar-refractivity contribution in [2.45, 2.75) is 96.4 Å². The maximum atomic E-state index is 13.3. The molecule has 0 atom stereocenters. The molecule has 2 aliphatic heterocycles. The molecular formula is C44H62N6O6S. The Morgan fingerprint density at radius 3 is 1.70 bits per heavy atom. The van der Waals surface area contributed by atoms with Gasteiger partial charge in [-0.3, -0.25) is 4.31 Å². The number of anilines is 2. The molecule has 0 bridgehead atoms. The Morgan fingerprint density at radius 2 is 1.23 bits per heavy atom. The summed E-state index contributed by atoms with van der Waals surface area (Å²) >= 11 is 0. The minimum absolute atomic E-state index is 0.276. The maximum absolute atomic E-state index is 13.3. The van der Waals surface area contributed by atoms with Crippen molar-refractivity contribution >= 4 is 43.5 Å². The summed E-state index contributed by atoms with van der Waals surface area (Å²) in [5.41, 5.74) is 4.69. The topological polar surface area (TPSA) is 122 Å². The molecule has 2 aliphatic rings. The minimum atomic E-state index is -3.67. The SMILES string of the molecule is CCN(c1ccc2c(c1)nc(C(C)(C)OC)n2CC1CCOCC1)S(=O)(=O)c1ccccc1.CCNc1ccc2c(c1)nc(C(C)(C)OC)n2CC1CCOCC1. The maximum Gasteiger partial charge on any atom is 0.264 e. The van der Waals surface area contributed by atoms with E-state index in [9.17, 15) is 8.42 Å². The lowest BCUT2D eigenvalue weighted by atomic mass is 9.99. The molecule has 13 heteroatoms. The number of aromatic nitrogens is 4. The summed E-state index contributed by atoms with van der Waals surface area (Å²) < 4.78 is 55.2. The van der Waals surface area contributed by atoms with Gasteiger partial charge in [-0.15, -0.1) is 0 Å². The van der Waals surface area contributed by atoms with Crippen LogP contribution in [-0.2, 0) is 53.3 Å². The van der Waals surface area contributed by atoms with E-state index in [1.807, 2.05) is 45.0 Å². The fraction of sp³-hybridized carbons (Fsp3) is 0.545. The molecule has 1 N–H and O–H groups in total. The molecule has 12 nitrogen and oxygen atoms in total. The normalized spacial score (nSPS) is 16.1. The molecular weight excluding hydrogens is 741 g/mol. The Morgan fingerprint density at radius 1 is 0.737 bits per heavy atom. The van der Waals surface area contributed by atoms with Crippen LogP contribution in [-0.4, -0.2) is 81.3 Å². The van der Waals surface area contributed by atoms with Crippen LogP contribution in [0.1, 0.15) is 78.9 Å². The molecule has 0 saturated carbocycles. The number of fused-ring (bicyclic) bond motifs is 2. The highest BCUT2D eigenvalue weighted by Gasteiger charge is 2.31. The first-order valence-corrected chi connectivity index (χ1v) is 21.9. The third-order valence-electron chi connectivity index (χ3n) is 11.4. The zero-order chi connectivity index (χ0) is 40.8. The number of hydrogen-bond acceptors (Lipinski definition) is 9. The van der Waals surface area contributed by atoms with E-state index in [2.05, 4.69) is 53.4 Å². The smallest absolute Gasteiger partial charge is 0.264 e. The number of rotatable bonds is 14. The summed E-state index contributed by atoms with van der Waals surface area (Å²) in [6, 6.07) is 20.7. The highest BCUT2D eigenvalue weighted by Crippen LogP contribution is 2.34. The highest BCUT2D eigenvalue weighted by molar-refractivity contribution is 7.92. The Bertz CT molecular complexity index is 2190. The number of nitrogens with zero attached hydrogens (tertiary/aromatic N) is 5. The van der Waals surface area contributed by atoms with Crippen molar-refractivity contribution in [1.29, 1.82) is 0 Å². The highest BCUT2D eigenvalue weighted by atomic mass is 32.2. The number of nitrogens with one attached hydrogen (secondary N) is 1. The van der Waals surface area contributed by atoms with Crippen molar-refractivity contribution in [3.8, 4) is 0 Å². The lowest BCUT2D eigenvalue weighted by molar-refractivity contribution is 0.00661. The summed E-state index contributed by atoms with van der Waals surface area (Å²) in [7, 11) is -0.230. The van der Waals surface area contributed by atoms with Gasteiger partial charge in [0.2, 0.25) is 0 Å². The van der Waals surface area contributed by atoms with Crippen LogP contribution < -0.4 is 9.62 Å². The van der Waals surface area contributed by atoms with Gasteiger partial charge in [0.15, 0.2) is 0 Å². The lowest BCUT2D eigenvalue weighted by Gasteiger charge is -2.27. The van der Waals surface area contributed by atoms with Crippen LogP contribution in [0.25, 0.3) is 22.1 Å². The molecule has 310 valence electrons. The van der Waals surface area contributed by atoms with Crippen LogP contribution in [0.2, 0.25) is 0 Å². The number of hydrogen-bond donors (Lipinski definition) is 1. The molecule has 2 saturated heterocycles. The van der Waals surface area contributed by atoms with Crippen LogP contribution in [0.5, 0.6) is 0 Å². The number of methoxy groups -OCH3 is 2. The van der Waals surface area contributed by atoms with Gasteiger partial charge >= 0.3 is 0 Å².